The summed E-state index contributed by atoms with van der Waals surface area (Å²) in [4.78, 5) is 22.3. The van der Waals surface area contributed by atoms with Gasteiger partial charge in [0.05, 0.1) is 19.5 Å². The first-order chi connectivity index (χ1) is 14.4. The summed E-state index contributed by atoms with van der Waals surface area (Å²) in [5.41, 5.74) is 0.797. The quantitative estimate of drug-likeness (QED) is 0.705. The number of ether oxygens (including phenoxy) is 1. The summed E-state index contributed by atoms with van der Waals surface area (Å²) in [5.74, 6) is -0.522. The van der Waals surface area contributed by atoms with Crippen LogP contribution in [0.15, 0.2) is 55.2 Å². The van der Waals surface area contributed by atoms with Crippen LogP contribution in [0.3, 0.4) is 0 Å². The smallest absolute Gasteiger partial charge is 0.378 e. The van der Waals surface area contributed by atoms with Gasteiger partial charge in [-0.15, -0.1) is 0 Å². The van der Waals surface area contributed by atoms with Crippen molar-refractivity contribution in [3.8, 4) is 5.69 Å². The fourth-order valence-corrected chi connectivity index (χ4v) is 3.16. The van der Waals surface area contributed by atoms with E-state index in [1.54, 1.807) is 35.4 Å². The Hall–Kier alpha value is -3.40. The van der Waals surface area contributed by atoms with Gasteiger partial charge in [-0.3, -0.25) is 9.78 Å². The van der Waals surface area contributed by atoms with E-state index in [4.69, 9.17) is 4.74 Å². The van der Waals surface area contributed by atoms with E-state index in [-0.39, 0.29) is 5.69 Å². The fourth-order valence-electron chi connectivity index (χ4n) is 3.16. The van der Waals surface area contributed by atoms with E-state index in [1.807, 2.05) is 6.07 Å². The van der Waals surface area contributed by atoms with E-state index in [9.17, 15) is 18.0 Å². The number of amides is 1. The maximum Gasteiger partial charge on any atom is 0.433 e. The number of morpholine rings is 1. The lowest BCUT2D eigenvalue weighted by atomic mass is 10.1. The maximum absolute atomic E-state index is 12.9. The number of benzene rings is 1. The van der Waals surface area contributed by atoms with Crippen molar-refractivity contribution < 1.29 is 22.7 Å². The monoisotopic (exact) mass is 417 g/mol. The standard InChI is InChI=1S/C20H18F3N5O2/c21-20(22,23)18-11-15(1-2-25-18)26-19(29)14-9-16(27-5-7-30-8-6-27)12-17(10-14)28-4-3-24-13-28/h1-4,9-13H,5-8H2,(H,25,26,29). The molecule has 3 aromatic rings. The van der Waals surface area contributed by atoms with Crippen LogP contribution in [0.25, 0.3) is 5.69 Å². The molecule has 10 heteroatoms. The van der Waals surface area contributed by atoms with Crippen LogP contribution in [0.2, 0.25) is 0 Å². The van der Waals surface area contributed by atoms with E-state index < -0.39 is 17.8 Å². The first-order valence-electron chi connectivity index (χ1n) is 9.21. The van der Waals surface area contributed by atoms with E-state index in [1.165, 1.54) is 6.07 Å². The van der Waals surface area contributed by atoms with Gasteiger partial charge in [0.1, 0.15) is 5.69 Å². The van der Waals surface area contributed by atoms with Crippen LogP contribution < -0.4 is 10.2 Å². The maximum atomic E-state index is 12.9. The molecule has 1 fully saturated rings. The number of aromatic nitrogens is 3. The molecule has 1 aromatic carbocycles. The van der Waals surface area contributed by atoms with Gasteiger partial charge in [0.15, 0.2) is 0 Å². The van der Waals surface area contributed by atoms with Gasteiger partial charge in [-0.2, -0.15) is 13.2 Å². The minimum atomic E-state index is -4.59. The van der Waals surface area contributed by atoms with Crippen molar-refractivity contribution in [1.82, 2.24) is 14.5 Å². The number of imidazole rings is 1. The van der Waals surface area contributed by atoms with E-state index in [0.717, 1.165) is 18.0 Å². The second-order valence-electron chi connectivity index (χ2n) is 6.69. The number of nitrogens with one attached hydrogen (secondary N) is 1. The third-order valence-corrected chi connectivity index (χ3v) is 4.65. The topological polar surface area (TPSA) is 72.3 Å². The van der Waals surface area contributed by atoms with Crippen LogP contribution in [0, 0.1) is 0 Å². The molecular weight excluding hydrogens is 399 g/mol. The van der Waals surface area contributed by atoms with Gasteiger partial charge in [0.2, 0.25) is 0 Å². The average Bonchev–Trinajstić information content (AvgIpc) is 3.29. The first kappa shape index (κ1) is 19.9. The number of hydrogen-bond acceptors (Lipinski definition) is 5. The predicted molar refractivity (Wildman–Crippen MR) is 104 cm³/mol. The molecule has 30 heavy (non-hydrogen) atoms. The Balaban J connectivity index is 1.65. The third kappa shape index (κ3) is 4.43. The molecule has 1 N–H and O–H groups in total. The zero-order chi connectivity index (χ0) is 21.1. The lowest BCUT2D eigenvalue weighted by Gasteiger charge is -2.29. The lowest BCUT2D eigenvalue weighted by molar-refractivity contribution is -0.141. The normalized spacial score (nSPS) is 14.6. The third-order valence-electron chi connectivity index (χ3n) is 4.65. The number of nitrogens with zero attached hydrogens (tertiary/aromatic N) is 4. The van der Waals surface area contributed by atoms with Crippen molar-refractivity contribution >= 4 is 17.3 Å². The molecule has 4 rings (SSSR count). The number of pyridine rings is 1. The molecule has 1 aliphatic rings. The molecule has 0 saturated carbocycles. The highest BCUT2D eigenvalue weighted by Crippen LogP contribution is 2.29. The molecule has 1 aliphatic heterocycles. The minimum Gasteiger partial charge on any atom is -0.378 e. The molecule has 0 atom stereocenters. The van der Waals surface area contributed by atoms with Crippen molar-refractivity contribution in [1.29, 1.82) is 0 Å². The van der Waals surface area contributed by atoms with Gasteiger partial charge in [0, 0.05) is 54.3 Å². The number of alkyl halides is 3. The van der Waals surface area contributed by atoms with Crippen molar-refractivity contribution in [2.24, 2.45) is 0 Å². The van der Waals surface area contributed by atoms with E-state index in [0.29, 0.717) is 37.6 Å². The number of carbonyl (C=O) groups excluding carboxylic acids is 1. The summed E-state index contributed by atoms with van der Waals surface area (Å²) in [5, 5.41) is 2.53. The fraction of sp³-hybridized carbons (Fsp3) is 0.250. The van der Waals surface area contributed by atoms with Crippen LogP contribution >= 0.6 is 0 Å². The largest absolute Gasteiger partial charge is 0.433 e. The van der Waals surface area contributed by atoms with Crippen LogP contribution in [-0.4, -0.2) is 46.7 Å². The van der Waals surface area contributed by atoms with Crippen LogP contribution in [0.4, 0.5) is 24.5 Å². The minimum absolute atomic E-state index is 0.0169. The summed E-state index contributed by atoms with van der Waals surface area (Å²) in [6.07, 6.45) is 1.40. The number of halogens is 3. The molecule has 156 valence electrons. The molecule has 2 aromatic heterocycles. The van der Waals surface area contributed by atoms with Gasteiger partial charge in [-0.25, -0.2) is 4.98 Å². The van der Waals surface area contributed by atoms with Gasteiger partial charge in [0.25, 0.3) is 5.91 Å². The van der Waals surface area contributed by atoms with E-state index in [2.05, 4.69) is 20.2 Å². The number of hydrogen-bond donors (Lipinski definition) is 1. The van der Waals surface area contributed by atoms with Crippen molar-refractivity contribution in [3.05, 3.63) is 66.5 Å². The lowest BCUT2D eigenvalue weighted by Crippen LogP contribution is -2.36. The molecule has 1 amide bonds. The van der Waals surface area contributed by atoms with Crippen LogP contribution in [-0.2, 0) is 10.9 Å². The second kappa shape index (κ2) is 8.15. The SMILES string of the molecule is O=C(Nc1ccnc(C(F)(F)F)c1)c1cc(N2CCOCC2)cc(-n2ccnc2)c1. The second-order valence-corrected chi connectivity index (χ2v) is 6.69. The van der Waals surface area contributed by atoms with Gasteiger partial charge < -0.3 is 19.5 Å². The average molecular weight is 417 g/mol. The molecular formula is C20H18F3N5O2. The Morgan fingerprint density at radius 3 is 2.53 bits per heavy atom. The van der Waals surface area contributed by atoms with E-state index >= 15 is 0 Å². The van der Waals surface area contributed by atoms with Crippen LogP contribution in [0.1, 0.15) is 16.1 Å². The highest BCUT2D eigenvalue weighted by molar-refractivity contribution is 6.05. The summed E-state index contributed by atoms with van der Waals surface area (Å²) in [7, 11) is 0. The number of anilines is 2. The molecule has 0 spiro atoms. The molecule has 0 radical (unpaired) electrons. The van der Waals surface area contributed by atoms with Crippen molar-refractivity contribution in [3.63, 3.8) is 0 Å². The molecule has 0 unspecified atom stereocenters. The molecule has 7 nitrogen and oxygen atoms in total. The highest BCUT2D eigenvalue weighted by atomic mass is 19.4. The van der Waals surface area contributed by atoms with Crippen molar-refractivity contribution in [2.75, 3.05) is 36.5 Å². The zero-order valence-electron chi connectivity index (χ0n) is 15.8. The molecule has 1 saturated heterocycles. The van der Waals surface area contributed by atoms with Gasteiger partial charge in [-0.1, -0.05) is 0 Å². The Labute approximate surface area is 170 Å². The Kier molecular flexibility index (Phi) is 5.40. The first-order valence-corrected chi connectivity index (χ1v) is 9.21. The van der Waals surface area contributed by atoms with Crippen molar-refractivity contribution in [2.45, 2.75) is 6.18 Å². The highest BCUT2D eigenvalue weighted by Gasteiger charge is 2.32. The Morgan fingerprint density at radius 1 is 1.07 bits per heavy atom. The summed E-state index contributed by atoms with van der Waals surface area (Å²) in [6.45, 7) is 2.50. The summed E-state index contributed by atoms with van der Waals surface area (Å²) in [6, 6.07) is 7.42. The predicted octanol–water partition coefficient (Wildman–Crippen LogP) is 3.38. The molecule has 0 bridgehead atoms. The van der Waals surface area contributed by atoms with Gasteiger partial charge in [-0.05, 0) is 30.3 Å². The number of rotatable bonds is 4. The summed E-state index contributed by atoms with van der Waals surface area (Å²) >= 11 is 0. The summed E-state index contributed by atoms with van der Waals surface area (Å²) < 4.78 is 45.8. The zero-order valence-corrected chi connectivity index (χ0v) is 15.8. The van der Waals surface area contributed by atoms with Crippen LogP contribution in [0.5, 0.6) is 0 Å². The van der Waals surface area contributed by atoms with Gasteiger partial charge >= 0.3 is 6.18 Å². The number of carbonyl (C=O) groups is 1. The molecule has 0 aliphatic carbocycles. The Bertz CT molecular complexity index is 1030. The molecule has 3 heterocycles. The Morgan fingerprint density at radius 2 is 1.83 bits per heavy atom.